The lowest BCUT2D eigenvalue weighted by Gasteiger charge is -2.06. The summed E-state index contributed by atoms with van der Waals surface area (Å²) in [5.41, 5.74) is 1.12. The van der Waals surface area contributed by atoms with Gasteiger partial charge in [0, 0.05) is 11.8 Å². The van der Waals surface area contributed by atoms with E-state index in [2.05, 4.69) is 11.9 Å². The Labute approximate surface area is 92.7 Å². The number of hydrogen-bond acceptors (Lipinski definition) is 2. The van der Waals surface area contributed by atoms with Crippen LogP contribution in [0, 0.1) is 6.92 Å². The molecule has 1 aromatic heterocycles. The van der Waals surface area contributed by atoms with Gasteiger partial charge in [-0.2, -0.15) is 0 Å². The predicted molar refractivity (Wildman–Crippen MR) is 63.2 cm³/mol. The van der Waals surface area contributed by atoms with E-state index in [1.165, 1.54) is 25.7 Å². The van der Waals surface area contributed by atoms with Crippen molar-refractivity contribution in [1.29, 1.82) is 0 Å². The van der Waals surface area contributed by atoms with Gasteiger partial charge in [0.05, 0.1) is 6.61 Å². The molecule has 0 fully saturated rings. The lowest BCUT2D eigenvalue weighted by atomic mass is 10.2. The molecule has 2 heteroatoms. The van der Waals surface area contributed by atoms with Gasteiger partial charge >= 0.3 is 0 Å². The number of aryl methyl sites for hydroxylation is 1. The Morgan fingerprint density at radius 1 is 1.20 bits per heavy atom. The molecule has 0 aliphatic rings. The van der Waals surface area contributed by atoms with Crippen LogP contribution < -0.4 is 4.74 Å². The Kier molecular flexibility index (Phi) is 5.83. The van der Waals surface area contributed by atoms with Gasteiger partial charge in [-0.15, -0.1) is 0 Å². The largest absolute Gasteiger partial charge is 0.477 e. The van der Waals surface area contributed by atoms with Crippen LogP contribution >= 0.6 is 0 Å². The molecule has 0 aliphatic carbocycles. The summed E-state index contributed by atoms with van der Waals surface area (Å²) >= 11 is 0. The predicted octanol–water partition coefficient (Wildman–Crippen LogP) is 3.74. The first-order valence-corrected chi connectivity index (χ1v) is 5.89. The summed E-state index contributed by atoms with van der Waals surface area (Å²) in [5, 5.41) is 0. The van der Waals surface area contributed by atoms with Crippen LogP contribution in [0.3, 0.4) is 0 Å². The van der Waals surface area contributed by atoms with Crippen molar-refractivity contribution in [2.24, 2.45) is 0 Å². The highest BCUT2D eigenvalue weighted by atomic mass is 16.5. The van der Waals surface area contributed by atoms with Gasteiger partial charge in [-0.1, -0.05) is 38.7 Å². The van der Waals surface area contributed by atoms with Crippen molar-refractivity contribution in [3.63, 3.8) is 0 Å². The van der Waals surface area contributed by atoms with Crippen LogP contribution in [-0.2, 0) is 0 Å². The molecule has 0 radical (unpaired) electrons. The zero-order valence-corrected chi connectivity index (χ0v) is 9.83. The molecule has 0 bridgehead atoms. The van der Waals surface area contributed by atoms with E-state index in [1.54, 1.807) is 6.20 Å². The van der Waals surface area contributed by atoms with Crippen molar-refractivity contribution >= 4 is 0 Å². The van der Waals surface area contributed by atoms with Crippen LogP contribution in [0.4, 0.5) is 0 Å². The molecular weight excluding hydrogens is 186 g/mol. The first-order valence-electron chi connectivity index (χ1n) is 5.89. The molecule has 0 spiro atoms. The van der Waals surface area contributed by atoms with Crippen LogP contribution in [0.1, 0.15) is 44.6 Å². The quantitative estimate of drug-likeness (QED) is 0.635. The number of aromatic nitrogens is 1. The summed E-state index contributed by atoms with van der Waals surface area (Å²) in [7, 11) is 0. The molecule has 1 heterocycles. The van der Waals surface area contributed by atoms with E-state index in [-0.39, 0.29) is 0 Å². The molecule has 0 aliphatic heterocycles. The highest BCUT2D eigenvalue weighted by Crippen LogP contribution is 2.12. The lowest BCUT2D eigenvalue weighted by Crippen LogP contribution is -2.00. The van der Waals surface area contributed by atoms with Gasteiger partial charge in [0.15, 0.2) is 0 Å². The molecule has 1 rings (SSSR count). The number of hydrogen-bond donors (Lipinski definition) is 0. The van der Waals surface area contributed by atoms with E-state index < -0.39 is 0 Å². The smallest absolute Gasteiger partial charge is 0.216 e. The van der Waals surface area contributed by atoms with Gasteiger partial charge < -0.3 is 4.74 Å². The van der Waals surface area contributed by atoms with Crippen molar-refractivity contribution in [1.82, 2.24) is 4.98 Å². The third kappa shape index (κ3) is 4.82. The van der Waals surface area contributed by atoms with Gasteiger partial charge in [-0.05, 0) is 19.4 Å². The van der Waals surface area contributed by atoms with E-state index in [4.69, 9.17) is 4.74 Å². The van der Waals surface area contributed by atoms with Crippen LogP contribution in [0.2, 0.25) is 0 Å². The van der Waals surface area contributed by atoms with E-state index in [9.17, 15) is 0 Å². The fourth-order valence-corrected chi connectivity index (χ4v) is 1.50. The molecule has 0 N–H and O–H groups in total. The molecule has 0 atom stereocenters. The molecular formula is C13H21NO. The van der Waals surface area contributed by atoms with E-state index >= 15 is 0 Å². The standard InChI is InChI=1S/C13H21NO/c1-3-4-5-6-7-11-15-13-12(2)9-8-10-14-13/h8-10H,3-7,11H2,1-2H3. The van der Waals surface area contributed by atoms with Crippen LogP contribution in [0.25, 0.3) is 0 Å². The second kappa shape index (κ2) is 7.27. The average molecular weight is 207 g/mol. The molecule has 0 saturated carbocycles. The van der Waals surface area contributed by atoms with Crippen molar-refractivity contribution in [3.8, 4) is 5.88 Å². The minimum Gasteiger partial charge on any atom is -0.477 e. The second-order valence-electron chi connectivity index (χ2n) is 3.89. The third-order valence-corrected chi connectivity index (χ3v) is 2.45. The Morgan fingerprint density at radius 2 is 2.00 bits per heavy atom. The minimum absolute atomic E-state index is 0.785. The van der Waals surface area contributed by atoms with Crippen LogP contribution in [0.5, 0.6) is 5.88 Å². The number of ether oxygens (including phenoxy) is 1. The summed E-state index contributed by atoms with van der Waals surface area (Å²) in [6.07, 6.45) is 8.12. The van der Waals surface area contributed by atoms with Gasteiger partial charge in [-0.3, -0.25) is 0 Å². The number of rotatable bonds is 7. The van der Waals surface area contributed by atoms with Crippen LogP contribution in [-0.4, -0.2) is 11.6 Å². The number of unbranched alkanes of at least 4 members (excludes halogenated alkanes) is 4. The third-order valence-electron chi connectivity index (χ3n) is 2.45. The molecule has 0 unspecified atom stereocenters. The second-order valence-corrected chi connectivity index (χ2v) is 3.89. The summed E-state index contributed by atoms with van der Waals surface area (Å²) in [6, 6.07) is 3.96. The molecule has 0 amide bonds. The summed E-state index contributed by atoms with van der Waals surface area (Å²) in [6.45, 7) is 5.05. The van der Waals surface area contributed by atoms with Gasteiger partial charge in [0.25, 0.3) is 0 Å². The SMILES string of the molecule is CCCCCCCOc1ncccc1C. The Balaban J connectivity index is 2.12. The van der Waals surface area contributed by atoms with E-state index in [0.29, 0.717) is 0 Å². The maximum atomic E-state index is 5.61. The lowest BCUT2D eigenvalue weighted by molar-refractivity contribution is 0.291. The fraction of sp³-hybridized carbons (Fsp3) is 0.615. The maximum absolute atomic E-state index is 5.61. The molecule has 84 valence electrons. The fourth-order valence-electron chi connectivity index (χ4n) is 1.50. The van der Waals surface area contributed by atoms with Gasteiger partial charge in [-0.25, -0.2) is 4.98 Å². The topological polar surface area (TPSA) is 22.1 Å². The minimum atomic E-state index is 0.785. The summed E-state index contributed by atoms with van der Waals surface area (Å²) < 4.78 is 5.61. The average Bonchev–Trinajstić information content (AvgIpc) is 2.25. The normalized spacial score (nSPS) is 10.3. The molecule has 0 saturated heterocycles. The maximum Gasteiger partial charge on any atom is 0.216 e. The van der Waals surface area contributed by atoms with Gasteiger partial charge in [0.1, 0.15) is 0 Å². The van der Waals surface area contributed by atoms with E-state index in [0.717, 1.165) is 24.5 Å². The number of nitrogens with zero attached hydrogens (tertiary/aromatic N) is 1. The monoisotopic (exact) mass is 207 g/mol. The van der Waals surface area contributed by atoms with E-state index in [1.807, 2.05) is 19.1 Å². The first kappa shape index (κ1) is 12.0. The zero-order valence-electron chi connectivity index (χ0n) is 9.83. The Morgan fingerprint density at radius 3 is 2.73 bits per heavy atom. The summed E-state index contributed by atoms with van der Waals surface area (Å²) in [5.74, 6) is 0.785. The molecule has 15 heavy (non-hydrogen) atoms. The highest BCUT2D eigenvalue weighted by Gasteiger charge is 1.98. The summed E-state index contributed by atoms with van der Waals surface area (Å²) in [4.78, 5) is 4.19. The molecule has 0 aromatic carbocycles. The van der Waals surface area contributed by atoms with Gasteiger partial charge in [0.2, 0.25) is 5.88 Å². The number of pyridine rings is 1. The molecule has 2 nitrogen and oxygen atoms in total. The zero-order chi connectivity index (χ0) is 10.9. The Bertz CT molecular complexity index is 273. The highest BCUT2D eigenvalue weighted by molar-refractivity contribution is 5.23. The van der Waals surface area contributed by atoms with Crippen LogP contribution in [0.15, 0.2) is 18.3 Å². The van der Waals surface area contributed by atoms with Crippen molar-refractivity contribution in [2.45, 2.75) is 46.0 Å². The van der Waals surface area contributed by atoms with Crippen molar-refractivity contribution in [2.75, 3.05) is 6.61 Å². The molecule has 1 aromatic rings. The van der Waals surface area contributed by atoms with Crippen molar-refractivity contribution < 1.29 is 4.74 Å². The Hall–Kier alpha value is -1.05. The first-order chi connectivity index (χ1) is 7.34. The van der Waals surface area contributed by atoms with Crippen molar-refractivity contribution in [3.05, 3.63) is 23.9 Å².